The third-order valence-corrected chi connectivity index (χ3v) is 9.60. The van der Waals surface area contributed by atoms with E-state index in [1.807, 2.05) is 30.3 Å². The lowest BCUT2D eigenvalue weighted by molar-refractivity contribution is -0.225. The molecule has 12 heteroatoms. The largest absolute Gasteiger partial charge is 0.508 e. The lowest BCUT2D eigenvalue weighted by Crippen LogP contribution is -2.62. The van der Waals surface area contributed by atoms with Crippen LogP contribution in [0.5, 0.6) is 11.5 Å². The molecule has 1 saturated carbocycles. The molecule has 0 saturated heterocycles. The molecule has 6 atom stereocenters. The molecule has 6 unspecified atom stereocenters. The molecule has 2 heterocycles. The Labute approximate surface area is 266 Å². The number of nitrogens with zero attached hydrogens (tertiary/aromatic N) is 4. The van der Waals surface area contributed by atoms with Gasteiger partial charge in [-0.3, -0.25) is 0 Å². The molecule has 6 rings (SSSR count). The van der Waals surface area contributed by atoms with Crippen molar-refractivity contribution >= 4 is 11.7 Å². The number of phenols is 1. The molecular formula is C34H40N4O8. The second-order valence-corrected chi connectivity index (χ2v) is 12.4. The predicted molar refractivity (Wildman–Crippen MR) is 166 cm³/mol. The van der Waals surface area contributed by atoms with Crippen molar-refractivity contribution < 1.29 is 39.9 Å². The number of aliphatic hydroxyl groups excluding tert-OH is 2. The quantitative estimate of drug-likeness (QED) is 0.136. The molecule has 1 aromatic heterocycles. The summed E-state index contributed by atoms with van der Waals surface area (Å²) >= 11 is 0. The van der Waals surface area contributed by atoms with Crippen molar-refractivity contribution in [1.82, 2.24) is 15.0 Å². The van der Waals surface area contributed by atoms with Crippen LogP contribution in [0.25, 0.3) is 0 Å². The lowest BCUT2D eigenvalue weighted by Gasteiger charge is -2.56. The molecule has 12 nitrogen and oxygen atoms in total. The summed E-state index contributed by atoms with van der Waals surface area (Å²) in [5.41, 5.74) is 2.75. The summed E-state index contributed by atoms with van der Waals surface area (Å²) in [5, 5.41) is 65.2. The predicted octanol–water partition coefficient (Wildman–Crippen LogP) is 4.18. The first-order chi connectivity index (χ1) is 22.4. The van der Waals surface area contributed by atoms with Crippen molar-refractivity contribution in [2.45, 2.75) is 69.3 Å². The summed E-state index contributed by atoms with van der Waals surface area (Å²) in [6, 6.07) is 13.4. The highest BCUT2D eigenvalue weighted by Crippen LogP contribution is 2.62. The van der Waals surface area contributed by atoms with E-state index in [0.29, 0.717) is 24.3 Å². The number of aromatic nitrogens is 3. The minimum absolute atomic E-state index is 0.0239. The first kappa shape index (κ1) is 31.7. The maximum Gasteiger partial charge on any atom is 0.355 e. The van der Waals surface area contributed by atoms with Gasteiger partial charge in [0.1, 0.15) is 24.1 Å². The fourth-order valence-corrected chi connectivity index (χ4v) is 7.59. The highest BCUT2D eigenvalue weighted by Gasteiger charge is 2.63. The average Bonchev–Trinajstić information content (AvgIpc) is 3.54. The molecule has 3 aliphatic rings. The molecule has 244 valence electrons. The van der Waals surface area contributed by atoms with E-state index in [9.17, 15) is 30.3 Å². The van der Waals surface area contributed by atoms with Gasteiger partial charge in [0.2, 0.25) is 5.79 Å². The molecule has 46 heavy (non-hydrogen) atoms. The Hall–Kier alpha value is -4.26. The van der Waals surface area contributed by atoms with E-state index in [-0.39, 0.29) is 55.4 Å². The number of phenolic OH excluding ortho intramolecular Hbond substituents is 1. The van der Waals surface area contributed by atoms with Gasteiger partial charge in [-0.05, 0) is 66.9 Å². The zero-order valence-corrected chi connectivity index (χ0v) is 25.5. The summed E-state index contributed by atoms with van der Waals surface area (Å²) in [6.45, 7) is 0.352. The zero-order chi connectivity index (χ0) is 32.3. The van der Waals surface area contributed by atoms with Crippen molar-refractivity contribution in [2.24, 2.45) is 22.9 Å². The number of ether oxygens (including phenoxy) is 1. The van der Waals surface area contributed by atoms with E-state index >= 15 is 0 Å². The molecule has 1 aliphatic heterocycles. The molecule has 5 N–H and O–H groups in total. The van der Waals surface area contributed by atoms with E-state index in [4.69, 9.17) is 9.57 Å². The first-order valence-electron chi connectivity index (χ1n) is 15.9. The van der Waals surface area contributed by atoms with E-state index in [0.717, 1.165) is 48.6 Å². The molecular weight excluding hydrogens is 592 g/mol. The number of fused-ring (bicyclic) bond motifs is 2. The third-order valence-electron chi connectivity index (χ3n) is 9.60. The number of unbranched alkanes of at least 4 members (excludes halogenated alkanes) is 2. The van der Waals surface area contributed by atoms with Crippen LogP contribution in [0.2, 0.25) is 0 Å². The fraction of sp³-hybridized carbons (Fsp3) is 0.471. The third kappa shape index (κ3) is 6.00. The monoisotopic (exact) mass is 632 g/mol. The van der Waals surface area contributed by atoms with Crippen LogP contribution in [0.15, 0.2) is 71.5 Å². The zero-order valence-electron chi connectivity index (χ0n) is 25.5. The summed E-state index contributed by atoms with van der Waals surface area (Å²) in [5.74, 6) is -3.84. The first-order valence-corrected chi connectivity index (χ1v) is 15.9. The number of carboxylic acid groups (broad SMARTS) is 1. The Morgan fingerprint density at radius 1 is 1.07 bits per heavy atom. The number of aliphatic hydroxyl groups is 3. The van der Waals surface area contributed by atoms with Crippen molar-refractivity contribution in [3.8, 4) is 11.5 Å². The fourth-order valence-electron chi connectivity index (χ4n) is 7.59. The molecule has 1 fully saturated rings. The number of carbonyl (C=O) groups is 1. The van der Waals surface area contributed by atoms with Gasteiger partial charge < -0.3 is 35.1 Å². The van der Waals surface area contributed by atoms with Crippen LogP contribution in [0, 0.1) is 17.8 Å². The lowest BCUT2D eigenvalue weighted by atomic mass is 9.55. The molecule has 3 aromatic rings. The van der Waals surface area contributed by atoms with Crippen LogP contribution in [-0.2, 0) is 11.4 Å². The highest BCUT2D eigenvalue weighted by atomic mass is 16.6. The van der Waals surface area contributed by atoms with Gasteiger partial charge in [-0.1, -0.05) is 59.6 Å². The number of rotatable bonds is 13. The van der Waals surface area contributed by atoms with Crippen molar-refractivity contribution in [2.75, 3.05) is 13.2 Å². The van der Waals surface area contributed by atoms with Gasteiger partial charge in [0, 0.05) is 31.1 Å². The SMILES string of the molecule is O=C(O)c1cnnn1C1CC(=NOCc2ccccc2)C2=CC(CCCCO)C(CCCCO)C3c4cc(O)ccc4OC1(O)C23. The van der Waals surface area contributed by atoms with E-state index in [1.54, 1.807) is 12.1 Å². The van der Waals surface area contributed by atoms with Crippen LogP contribution in [0.4, 0.5) is 0 Å². The number of carboxylic acids is 1. The number of oxime groups is 1. The number of hydrogen-bond acceptors (Lipinski definition) is 10. The number of hydrogen-bond donors (Lipinski definition) is 5. The Kier molecular flexibility index (Phi) is 9.39. The van der Waals surface area contributed by atoms with Crippen molar-refractivity contribution in [3.05, 3.63) is 83.2 Å². The van der Waals surface area contributed by atoms with Gasteiger partial charge in [0.15, 0.2) is 5.69 Å². The molecule has 0 spiro atoms. The van der Waals surface area contributed by atoms with Gasteiger partial charge in [-0.2, -0.15) is 0 Å². The summed E-state index contributed by atoms with van der Waals surface area (Å²) in [4.78, 5) is 18.1. The van der Waals surface area contributed by atoms with Gasteiger partial charge in [0.05, 0.1) is 17.8 Å². The van der Waals surface area contributed by atoms with Crippen LogP contribution in [0.1, 0.15) is 78.5 Å². The minimum atomic E-state index is -1.96. The maximum absolute atomic E-state index is 12.8. The van der Waals surface area contributed by atoms with Gasteiger partial charge in [0.25, 0.3) is 0 Å². The minimum Gasteiger partial charge on any atom is -0.508 e. The Morgan fingerprint density at radius 2 is 1.83 bits per heavy atom. The van der Waals surface area contributed by atoms with Gasteiger partial charge in [-0.25, -0.2) is 9.48 Å². The molecule has 0 radical (unpaired) electrons. The van der Waals surface area contributed by atoms with Crippen LogP contribution in [0.3, 0.4) is 0 Å². The smallest absolute Gasteiger partial charge is 0.355 e. The number of benzene rings is 2. The standard InChI is InChI=1S/C34H40N4O8/c39-14-6-4-10-22-16-25-27(36-45-20-21-8-2-1-3-9-21)18-30(38-28(33(42)43)19-35-37-38)34(44)32(25)31(24(22)11-5-7-15-40)26-17-23(41)12-13-29(26)46-34/h1-3,8-9,12-13,16-17,19,22,24,30-32,39-41,44H,4-7,10-11,14-15,18,20H2,(H,42,43). The van der Waals surface area contributed by atoms with E-state index in [1.165, 1.54) is 10.7 Å². The molecule has 0 amide bonds. The highest BCUT2D eigenvalue weighted by molar-refractivity contribution is 6.02. The van der Waals surface area contributed by atoms with Gasteiger partial charge >= 0.3 is 5.97 Å². The molecule has 2 aliphatic carbocycles. The Morgan fingerprint density at radius 3 is 2.57 bits per heavy atom. The number of allylic oxidation sites excluding steroid dienone is 1. The Balaban J connectivity index is 1.52. The van der Waals surface area contributed by atoms with Crippen LogP contribution < -0.4 is 4.74 Å². The summed E-state index contributed by atoms with van der Waals surface area (Å²) in [7, 11) is 0. The number of aromatic hydroxyl groups is 1. The average molecular weight is 633 g/mol. The summed E-state index contributed by atoms with van der Waals surface area (Å²) < 4.78 is 7.67. The van der Waals surface area contributed by atoms with Crippen LogP contribution >= 0.6 is 0 Å². The van der Waals surface area contributed by atoms with Crippen molar-refractivity contribution in [3.63, 3.8) is 0 Å². The Bertz CT molecular complexity index is 1590. The van der Waals surface area contributed by atoms with Crippen LogP contribution in [-0.4, -0.2) is 71.2 Å². The van der Waals surface area contributed by atoms with E-state index < -0.39 is 23.7 Å². The molecule has 2 aromatic carbocycles. The number of aromatic carboxylic acids is 1. The van der Waals surface area contributed by atoms with Gasteiger partial charge in [-0.15, -0.1) is 5.10 Å². The second-order valence-electron chi connectivity index (χ2n) is 12.4. The summed E-state index contributed by atoms with van der Waals surface area (Å²) in [6.07, 6.45) is 7.63. The second kappa shape index (κ2) is 13.6. The van der Waals surface area contributed by atoms with Crippen molar-refractivity contribution in [1.29, 1.82) is 0 Å². The normalized spacial score (nSPS) is 27.3. The topological polar surface area (TPSA) is 180 Å². The maximum atomic E-state index is 12.8. The molecule has 0 bridgehead atoms. The van der Waals surface area contributed by atoms with E-state index in [2.05, 4.69) is 21.5 Å².